The van der Waals surface area contributed by atoms with Crippen molar-refractivity contribution in [2.24, 2.45) is 0 Å². The molecule has 2 unspecified atom stereocenters. The number of nitrogens with one attached hydrogen (secondary N) is 2. The predicted molar refractivity (Wildman–Crippen MR) is 158 cm³/mol. The third kappa shape index (κ3) is 5.89. The van der Waals surface area contributed by atoms with Gasteiger partial charge in [-0.15, -0.1) is 10.2 Å². The largest absolute Gasteiger partial charge is 0.495 e. The molecule has 5 aromatic rings. The van der Waals surface area contributed by atoms with Gasteiger partial charge in [-0.05, 0) is 49.7 Å². The van der Waals surface area contributed by atoms with Crippen molar-refractivity contribution in [1.29, 1.82) is 0 Å². The van der Waals surface area contributed by atoms with Gasteiger partial charge in [0, 0.05) is 30.2 Å². The molecule has 6 rings (SSSR count). The number of hydrogen-bond donors (Lipinski definition) is 2. The normalized spacial score (nSPS) is 17.7. The molecule has 1 aliphatic rings. The molecule has 1 fully saturated rings. The maximum atomic E-state index is 13.3. The Morgan fingerprint density at radius 3 is 2.58 bits per heavy atom. The molecule has 1 aliphatic heterocycles. The van der Waals surface area contributed by atoms with Crippen LogP contribution in [0.5, 0.6) is 11.6 Å². The summed E-state index contributed by atoms with van der Waals surface area (Å²) in [4.78, 5) is 6.59. The smallest absolute Gasteiger partial charge is 0.265 e. The zero-order valence-corrected chi connectivity index (χ0v) is 24.9. The van der Waals surface area contributed by atoms with Crippen molar-refractivity contribution in [2.75, 3.05) is 32.0 Å². The highest BCUT2D eigenvalue weighted by Crippen LogP contribution is 2.36. The van der Waals surface area contributed by atoms with Gasteiger partial charge < -0.3 is 18.6 Å². The van der Waals surface area contributed by atoms with Gasteiger partial charge in [0.1, 0.15) is 16.3 Å². The molecule has 0 radical (unpaired) electrons. The van der Waals surface area contributed by atoms with Crippen LogP contribution in [0.15, 0.2) is 64.2 Å². The molecule has 0 amide bonds. The Bertz CT molecular complexity index is 1860. The molecule has 0 saturated carbocycles. The molecule has 0 aliphatic carbocycles. The number of aromatic nitrogens is 5. The van der Waals surface area contributed by atoms with E-state index in [9.17, 15) is 8.42 Å². The number of nitrogens with zero attached hydrogens (tertiary/aromatic N) is 5. The lowest BCUT2D eigenvalue weighted by molar-refractivity contribution is -0.0721. The van der Waals surface area contributed by atoms with Crippen LogP contribution >= 0.6 is 0 Å². The summed E-state index contributed by atoms with van der Waals surface area (Å²) < 4.78 is 51.8. The summed E-state index contributed by atoms with van der Waals surface area (Å²) in [6.45, 7) is 6.16. The molecule has 43 heavy (non-hydrogen) atoms. The van der Waals surface area contributed by atoms with E-state index in [1.165, 1.54) is 20.3 Å². The summed E-state index contributed by atoms with van der Waals surface area (Å²) in [5.41, 5.74) is 2.90. The highest BCUT2D eigenvalue weighted by atomic mass is 32.2. The zero-order chi connectivity index (χ0) is 30.1. The lowest BCUT2D eigenvalue weighted by atomic mass is 10.0. The molecule has 0 bridgehead atoms. The molecular formula is C29H31N7O6S. The van der Waals surface area contributed by atoms with Gasteiger partial charge in [-0.1, -0.05) is 12.1 Å². The fourth-order valence-electron chi connectivity index (χ4n) is 5.31. The van der Waals surface area contributed by atoms with Crippen LogP contribution in [-0.2, 0) is 21.3 Å². The van der Waals surface area contributed by atoms with Crippen LogP contribution in [0.3, 0.4) is 0 Å². The minimum Gasteiger partial charge on any atom is -0.495 e. The summed E-state index contributed by atoms with van der Waals surface area (Å²) >= 11 is 0. The second-order valence-electron chi connectivity index (χ2n) is 10.3. The SMILES string of the molecule is COc1ccccc1S(=O)(=O)Nc1cc(-c2cc(-c3nnc(CN4CC(C)OC(C)C4)o3)c3cn[nH]c3c2)cnc1OC. The first kappa shape index (κ1) is 28.6. The van der Waals surface area contributed by atoms with Gasteiger partial charge in [-0.3, -0.25) is 14.7 Å². The van der Waals surface area contributed by atoms with Crippen LogP contribution in [0.25, 0.3) is 33.5 Å². The summed E-state index contributed by atoms with van der Waals surface area (Å²) in [6, 6.07) is 11.8. The number of benzene rings is 2. The van der Waals surface area contributed by atoms with Crippen molar-refractivity contribution >= 4 is 26.6 Å². The van der Waals surface area contributed by atoms with Crippen molar-refractivity contribution < 1.29 is 27.0 Å². The van der Waals surface area contributed by atoms with Crippen LogP contribution in [0.1, 0.15) is 19.7 Å². The number of H-pyrrole nitrogens is 1. The minimum absolute atomic E-state index is 0.0145. The molecule has 0 spiro atoms. The average molecular weight is 606 g/mol. The lowest BCUT2D eigenvalue weighted by Crippen LogP contribution is -2.44. The van der Waals surface area contributed by atoms with Gasteiger partial charge in [0.05, 0.1) is 50.2 Å². The Labute approximate surface area is 248 Å². The molecule has 2 aromatic carbocycles. The quantitative estimate of drug-likeness (QED) is 0.249. The summed E-state index contributed by atoms with van der Waals surface area (Å²) in [5, 5.41) is 16.7. The monoisotopic (exact) mass is 605 g/mol. The fourth-order valence-corrected chi connectivity index (χ4v) is 6.53. The van der Waals surface area contributed by atoms with Crippen molar-refractivity contribution in [2.45, 2.75) is 37.5 Å². The number of sulfonamides is 1. The average Bonchev–Trinajstić information content (AvgIpc) is 3.65. The van der Waals surface area contributed by atoms with Gasteiger partial charge in [0.2, 0.25) is 17.7 Å². The van der Waals surface area contributed by atoms with Crippen molar-refractivity contribution in [3.8, 4) is 34.2 Å². The van der Waals surface area contributed by atoms with Crippen molar-refractivity contribution in [3.63, 3.8) is 0 Å². The van der Waals surface area contributed by atoms with Crippen LogP contribution < -0.4 is 14.2 Å². The van der Waals surface area contributed by atoms with Gasteiger partial charge in [0.15, 0.2) is 0 Å². The molecular weight excluding hydrogens is 574 g/mol. The molecule has 224 valence electrons. The third-order valence-corrected chi connectivity index (χ3v) is 8.50. The van der Waals surface area contributed by atoms with E-state index in [0.29, 0.717) is 29.5 Å². The Morgan fingerprint density at radius 2 is 1.81 bits per heavy atom. The van der Waals surface area contributed by atoms with E-state index >= 15 is 0 Å². The van der Waals surface area contributed by atoms with E-state index in [2.05, 4.69) is 35.0 Å². The number of fused-ring (bicyclic) bond motifs is 1. The maximum Gasteiger partial charge on any atom is 0.265 e. The predicted octanol–water partition coefficient (Wildman–Crippen LogP) is 4.10. The number of methoxy groups -OCH3 is 2. The van der Waals surface area contributed by atoms with Crippen LogP contribution in [0.2, 0.25) is 0 Å². The van der Waals surface area contributed by atoms with Gasteiger partial charge in [-0.25, -0.2) is 13.4 Å². The van der Waals surface area contributed by atoms with Crippen LogP contribution in [0, 0.1) is 0 Å². The highest BCUT2D eigenvalue weighted by molar-refractivity contribution is 7.92. The summed E-state index contributed by atoms with van der Waals surface area (Å²) in [7, 11) is -1.20. The summed E-state index contributed by atoms with van der Waals surface area (Å²) in [5.74, 6) is 1.16. The molecule has 1 saturated heterocycles. The number of morpholine rings is 1. The van der Waals surface area contributed by atoms with Gasteiger partial charge in [-0.2, -0.15) is 5.10 Å². The highest BCUT2D eigenvalue weighted by Gasteiger charge is 2.25. The lowest BCUT2D eigenvalue weighted by Gasteiger charge is -2.34. The van der Waals surface area contributed by atoms with Crippen LogP contribution in [-0.4, -0.2) is 78.2 Å². The second-order valence-corrected chi connectivity index (χ2v) is 12.0. The van der Waals surface area contributed by atoms with Crippen molar-refractivity contribution in [3.05, 3.63) is 60.7 Å². The Hall–Kier alpha value is -4.53. The number of anilines is 1. The fraction of sp³-hybridized carbons (Fsp3) is 0.310. The number of para-hydroxylation sites is 1. The molecule has 2 atom stereocenters. The van der Waals surface area contributed by atoms with E-state index in [4.69, 9.17) is 18.6 Å². The first-order chi connectivity index (χ1) is 20.7. The first-order valence-electron chi connectivity index (χ1n) is 13.6. The third-order valence-electron chi connectivity index (χ3n) is 7.09. The molecule has 14 heteroatoms. The number of hydrogen-bond acceptors (Lipinski definition) is 11. The van der Waals surface area contributed by atoms with E-state index in [1.54, 1.807) is 36.7 Å². The number of aromatic amines is 1. The first-order valence-corrected chi connectivity index (χ1v) is 15.1. The van der Waals surface area contributed by atoms with Gasteiger partial charge >= 0.3 is 0 Å². The Morgan fingerprint density at radius 1 is 1.02 bits per heavy atom. The second kappa shape index (κ2) is 11.6. The molecule has 13 nitrogen and oxygen atoms in total. The zero-order valence-electron chi connectivity index (χ0n) is 24.1. The molecule has 3 aromatic heterocycles. The topological polar surface area (TPSA) is 158 Å². The van der Waals surface area contributed by atoms with E-state index in [-0.39, 0.29) is 34.4 Å². The Kier molecular flexibility index (Phi) is 7.73. The standard InChI is InChI=1S/C29H31N7O6S/c1-17-14-36(15-18(2)41-17)16-27-33-34-28(42-27)21-9-19(10-23-22(21)13-31-32-23)20-11-24(29(40-4)30-12-20)35-43(37,38)26-8-6-5-7-25(26)39-3/h5-13,17-18,35H,14-16H2,1-4H3,(H,31,32). The molecule has 2 N–H and O–H groups in total. The van der Waals surface area contributed by atoms with E-state index < -0.39 is 10.0 Å². The number of rotatable bonds is 9. The summed E-state index contributed by atoms with van der Waals surface area (Å²) in [6.07, 6.45) is 3.54. The maximum absolute atomic E-state index is 13.3. The van der Waals surface area contributed by atoms with Crippen LogP contribution in [0.4, 0.5) is 5.69 Å². The minimum atomic E-state index is -4.04. The number of pyridine rings is 1. The van der Waals surface area contributed by atoms with Gasteiger partial charge in [0.25, 0.3) is 10.0 Å². The molecule has 4 heterocycles. The Balaban J connectivity index is 1.34. The van der Waals surface area contributed by atoms with Crippen molar-refractivity contribution in [1.82, 2.24) is 30.3 Å². The number of ether oxygens (including phenoxy) is 3. The van der Waals surface area contributed by atoms with E-state index in [0.717, 1.165) is 29.6 Å². The van der Waals surface area contributed by atoms with E-state index in [1.807, 2.05) is 26.0 Å².